The lowest BCUT2D eigenvalue weighted by Crippen LogP contribution is -2.38. The molecule has 0 saturated heterocycles. The molecule has 0 spiro atoms. The van der Waals surface area contributed by atoms with Gasteiger partial charge >= 0.3 is 0 Å². The molecule has 112 valence electrons. The molecule has 3 heteroatoms. The van der Waals surface area contributed by atoms with Gasteiger partial charge in [0.2, 0.25) is 5.91 Å². The first-order chi connectivity index (χ1) is 9.08. The summed E-state index contributed by atoms with van der Waals surface area (Å²) in [5.41, 5.74) is 5.65. The summed E-state index contributed by atoms with van der Waals surface area (Å²) in [5.74, 6) is 1.76. The lowest BCUT2D eigenvalue weighted by Gasteiger charge is -2.27. The van der Waals surface area contributed by atoms with Crippen molar-refractivity contribution >= 4 is 5.91 Å². The number of nitrogens with zero attached hydrogens (tertiary/aromatic N) is 1. The van der Waals surface area contributed by atoms with Gasteiger partial charge in [0.25, 0.3) is 0 Å². The van der Waals surface area contributed by atoms with E-state index in [4.69, 9.17) is 5.73 Å². The van der Waals surface area contributed by atoms with Crippen molar-refractivity contribution in [3.05, 3.63) is 0 Å². The second-order valence-corrected chi connectivity index (χ2v) is 6.35. The molecule has 0 aromatic rings. The first-order valence-corrected chi connectivity index (χ1v) is 8.08. The van der Waals surface area contributed by atoms with Gasteiger partial charge in [-0.3, -0.25) is 4.79 Å². The fourth-order valence-corrected chi connectivity index (χ4v) is 2.73. The van der Waals surface area contributed by atoms with Crippen molar-refractivity contribution < 1.29 is 4.79 Å². The van der Waals surface area contributed by atoms with E-state index in [0.717, 1.165) is 31.8 Å². The Morgan fingerprint density at radius 1 is 1.26 bits per heavy atom. The minimum Gasteiger partial charge on any atom is -0.340 e. The Balaban J connectivity index is 2.36. The number of rotatable bonds is 10. The summed E-state index contributed by atoms with van der Waals surface area (Å²) in [4.78, 5) is 14.4. The lowest BCUT2D eigenvalue weighted by atomic mass is 9.94. The molecule has 1 amide bonds. The van der Waals surface area contributed by atoms with Gasteiger partial charge in [-0.1, -0.05) is 19.8 Å². The molecule has 1 aliphatic rings. The molecular weight excluding hydrogens is 236 g/mol. The monoisotopic (exact) mass is 268 g/mol. The normalized spacial score (nSPS) is 16.7. The largest absolute Gasteiger partial charge is 0.340 e. The summed E-state index contributed by atoms with van der Waals surface area (Å²) in [7, 11) is 0. The molecule has 1 saturated carbocycles. The fourth-order valence-electron chi connectivity index (χ4n) is 2.73. The van der Waals surface area contributed by atoms with E-state index in [-0.39, 0.29) is 0 Å². The standard InChI is InChI=1S/C16H32N2O/c1-4-5-14(10-11-17)8-9-16(19)18(13(2)3)12-15-6-7-15/h13-15H,4-12,17H2,1-3H3. The molecule has 1 unspecified atom stereocenters. The predicted molar refractivity (Wildman–Crippen MR) is 80.9 cm³/mol. The number of amides is 1. The molecule has 0 aliphatic heterocycles. The maximum atomic E-state index is 12.4. The quantitative estimate of drug-likeness (QED) is 0.661. The van der Waals surface area contributed by atoms with Gasteiger partial charge in [-0.15, -0.1) is 0 Å². The number of carbonyl (C=O) groups excluding carboxylic acids is 1. The van der Waals surface area contributed by atoms with E-state index in [1.165, 1.54) is 25.7 Å². The van der Waals surface area contributed by atoms with Crippen LogP contribution in [-0.2, 0) is 4.79 Å². The van der Waals surface area contributed by atoms with Crippen LogP contribution in [0.2, 0.25) is 0 Å². The second kappa shape index (κ2) is 8.57. The molecule has 19 heavy (non-hydrogen) atoms. The molecule has 0 radical (unpaired) electrons. The summed E-state index contributed by atoms with van der Waals surface area (Å²) >= 11 is 0. The van der Waals surface area contributed by atoms with Crippen LogP contribution in [0.1, 0.15) is 65.7 Å². The van der Waals surface area contributed by atoms with Crippen LogP contribution in [0.4, 0.5) is 0 Å². The molecule has 0 heterocycles. The molecular formula is C16H32N2O. The van der Waals surface area contributed by atoms with Crippen molar-refractivity contribution in [3.8, 4) is 0 Å². The fraction of sp³-hybridized carbons (Fsp3) is 0.938. The van der Waals surface area contributed by atoms with Gasteiger partial charge in [-0.05, 0) is 57.9 Å². The second-order valence-electron chi connectivity index (χ2n) is 6.35. The van der Waals surface area contributed by atoms with Crippen LogP contribution in [0.5, 0.6) is 0 Å². The van der Waals surface area contributed by atoms with Gasteiger partial charge < -0.3 is 10.6 Å². The van der Waals surface area contributed by atoms with E-state index in [1.807, 2.05) is 0 Å². The predicted octanol–water partition coefficient (Wildman–Crippen LogP) is 3.18. The Bertz CT molecular complexity index is 255. The number of hydrogen-bond acceptors (Lipinski definition) is 2. The minimum absolute atomic E-state index is 0.340. The van der Waals surface area contributed by atoms with Gasteiger partial charge in [-0.2, -0.15) is 0 Å². The maximum Gasteiger partial charge on any atom is 0.222 e. The van der Waals surface area contributed by atoms with Crippen molar-refractivity contribution in [3.63, 3.8) is 0 Å². The molecule has 1 atom stereocenters. The van der Waals surface area contributed by atoms with Gasteiger partial charge in [-0.25, -0.2) is 0 Å². The molecule has 0 aromatic carbocycles. The summed E-state index contributed by atoms with van der Waals surface area (Å²) in [6, 6.07) is 0.340. The zero-order chi connectivity index (χ0) is 14.3. The summed E-state index contributed by atoms with van der Waals surface area (Å²) in [5, 5.41) is 0. The number of carbonyl (C=O) groups is 1. The highest BCUT2D eigenvalue weighted by atomic mass is 16.2. The number of hydrogen-bond donors (Lipinski definition) is 1. The van der Waals surface area contributed by atoms with Crippen molar-refractivity contribution in [2.24, 2.45) is 17.6 Å². The third-order valence-electron chi connectivity index (χ3n) is 4.13. The van der Waals surface area contributed by atoms with E-state index in [1.54, 1.807) is 0 Å². The van der Waals surface area contributed by atoms with Crippen LogP contribution < -0.4 is 5.73 Å². The van der Waals surface area contributed by atoms with Crippen LogP contribution in [0.3, 0.4) is 0 Å². The Morgan fingerprint density at radius 2 is 1.95 bits per heavy atom. The first kappa shape index (κ1) is 16.5. The van der Waals surface area contributed by atoms with E-state index in [0.29, 0.717) is 24.3 Å². The van der Waals surface area contributed by atoms with Gasteiger partial charge in [0.1, 0.15) is 0 Å². The maximum absolute atomic E-state index is 12.4. The van der Waals surface area contributed by atoms with E-state index in [9.17, 15) is 4.79 Å². The van der Waals surface area contributed by atoms with Crippen LogP contribution in [0.15, 0.2) is 0 Å². The molecule has 1 rings (SSSR count). The lowest BCUT2D eigenvalue weighted by molar-refractivity contribution is -0.133. The average Bonchev–Trinajstić information content (AvgIpc) is 3.17. The van der Waals surface area contributed by atoms with Crippen LogP contribution in [0, 0.1) is 11.8 Å². The molecule has 1 aliphatic carbocycles. The highest BCUT2D eigenvalue weighted by molar-refractivity contribution is 5.76. The SMILES string of the molecule is CCCC(CCN)CCC(=O)N(CC1CC1)C(C)C. The molecule has 0 aromatic heterocycles. The van der Waals surface area contributed by atoms with Gasteiger partial charge in [0.15, 0.2) is 0 Å². The molecule has 2 N–H and O–H groups in total. The Labute approximate surface area is 118 Å². The molecule has 0 bridgehead atoms. The van der Waals surface area contributed by atoms with E-state index < -0.39 is 0 Å². The first-order valence-electron chi connectivity index (χ1n) is 8.08. The Kier molecular flexibility index (Phi) is 7.44. The molecule has 3 nitrogen and oxygen atoms in total. The minimum atomic E-state index is 0.340. The summed E-state index contributed by atoms with van der Waals surface area (Å²) < 4.78 is 0. The van der Waals surface area contributed by atoms with Crippen LogP contribution in [0.25, 0.3) is 0 Å². The zero-order valence-corrected chi connectivity index (χ0v) is 13.0. The van der Waals surface area contributed by atoms with E-state index >= 15 is 0 Å². The van der Waals surface area contributed by atoms with Crippen molar-refractivity contribution in [2.75, 3.05) is 13.1 Å². The topological polar surface area (TPSA) is 46.3 Å². The van der Waals surface area contributed by atoms with Crippen LogP contribution in [-0.4, -0.2) is 29.9 Å². The van der Waals surface area contributed by atoms with Crippen molar-refractivity contribution in [1.82, 2.24) is 4.90 Å². The Hall–Kier alpha value is -0.570. The summed E-state index contributed by atoms with van der Waals surface area (Å²) in [6.07, 6.45) is 7.78. The van der Waals surface area contributed by atoms with Crippen LogP contribution >= 0.6 is 0 Å². The third-order valence-corrected chi connectivity index (χ3v) is 4.13. The summed E-state index contributed by atoms with van der Waals surface area (Å²) in [6.45, 7) is 8.19. The molecule has 1 fully saturated rings. The van der Waals surface area contributed by atoms with Crippen molar-refractivity contribution in [1.29, 1.82) is 0 Å². The number of nitrogens with two attached hydrogens (primary N) is 1. The highest BCUT2D eigenvalue weighted by Gasteiger charge is 2.28. The average molecular weight is 268 g/mol. The highest BCUT2D eigenvalue weighted by Crippen LogP contribution is 2.30. The van der Waals surface area contributed by atoms with Gasteiger partial charge in [0.05, 0.1) is 0 Å². The van der Waals surface area contributed by atoms with Crippen molar-refractivity contribution in [2.45, 2.75) is 71.8 Å². The van der Waals surface area contributed by atoms with Gasteiger partial charge in [0, 0.05) is 19.0 Å². The zero-order valence-electron chi connectivity index (χ0n) is 13.0. The Morgan fingerprint density at radius 3 is 2.42 bits per heavy atom. The smallest absolute Gasteiger partial charge is 0.222 e. The third kappa shape index (κ3) is 6.42. The van der Waals surface area contributed by atoms with E-state index in [2.05, 4.69) is 25.7 Å².